The highest BCUT2D eigenvalue weighted by molar-refractivity contribution is 6.33. The van der Waals surface area contributed by atoms with E-state index in [9.17, 15) is 8.78 Å². The third kappa shape index (κ3) is 6.24. The molecule has 0 aromatic carbocycles. The number of ether oxygens (including phenoxy) is 1. The topological polar surface area (TPSA) is 86.1 Å². The predicted octanol–water partition coefficient (Wildman–Crippen LogP) is 4.80. The number of carbonyl (C=O) groups excluding carboxylic acids is 2. The van der Waals surface area contributed by atoms with Crippen LogP contribution < -0.4 is 10.1 Å². The molecule has 30 heavy (non-hydrogen) atoms. The van der Waals surface area contributed by atoms with Crippen LogP contribution in [-0.2, 0) is 22.6 Å². The lowest BCUT2D eigenvalue weighted by atomic mass is 10.1. The van der Waals surface area contributed by atoms with Gasteiger partial charge in [-0.2, -0.15) is 23.5 Å². The van der Waals surface area contributed by atoms with Gasteiger partial charge in [-0.1, -0.05) is 31.4 Å². The van der Waals surface area contributed by atoms with Gasteiger partial charge in [0, 0.05) is 24.8 Å². The number of hydrogen-bond acceptors (Lipinski definition) is 6. The van der Waals surface area contributed by atoms with Gasteiger partial charge in [0.25, 0.3) is 0 Å². The second-order valence-corrected chi connectivity index (χ2v) is 7.41. The van der Waals surface area contributed by atoms with Gasteiger partial charge in [-0.15, -0.1) is 0 Å². The molecule has 1 aliphatic rings. The Hall–Kier alpha value is -2.51. The maximum absolute atomic E-state index is 13.0. The summed E-state index contributed by atoms with van der Waals surface area (Å²) in [5, 5.41) is 8.17. The Morgan fingerprint density at radius 1 is 1.37 bits per heavy atom. The molecule has 3 rings (SSSR count). The van der Waals surface area contributed by atoms with Crippen LogP contribution in [0.15, 0.2) is 12.3 Å². The molecule has 164 valence electrons. The van der Waals surface area contributed by atoms with Crippen LogP contribution in [-0.4, -0.2) is 33.6 Å². The van der Waals surface area contributed by atoms with Crippen molar-refractivity contribution >= 4 is 23.6 Å². The summed E-state index contributed by atoms with van der Waals surface area (Å²) in [6, 6.07) is 1.73. The van der Waals surface area contributed by atoms with Crippen molar-refractivity contribution in [1.82, 2.24) is 14.8 Å². The highest BCUT2D eigenvalue weighted by Crippen LogP contribution is 2.39. The Bertz CT molecular complexity index is 881. The molecule has 2 aromatic rings. The fourth-order valence-corrected chi connectivity index (χ4v) is 3.62. The number of hydrogen-bond donors (Lipinski definition) is 1. The van der Waals surface area contributed by atoms with Gasteiger partial charge in [0.2, 0.25) is 0 Å². The standard InChI is InChI=1S/C19H25ClF2N4O.CO2/c1-4-14-17(20)18(26(5-2)25-14)13-10-23-16(9-15(13)27-19(21)22)24-11(3)8-12-6-7-12;2-1-3/h9-12,19H,4-8H2,1-3H3,(H,23,24);. The monoisotopic (exact) mass is 442 g/mol. The smallest absolute Gasteiger partial charge is 0.387 e. The highest BCUT2D eigenvalue weighted by Gasteiger charge is 2.25. The molecule has 2 aromatic heterocycles. The Morgan fingerprint density at radius 3 is 2.57 bits per heavy atom. The number of pyridine rings is 1. The lowest BCUT2D eigenvalue weighted by Gasteiger charge is -2.17. The third-order valence-corrected chi connectivity index (χ3v) is 5.11. The first-order valence-electron chi connectivity index (χ1n) is 9.80. The predicted molar refractivity (Wildman–Crippen MR) is 108 cm³/mol. The van der Waals surface area contributed by atoms with E-state index in [4.69, 9.17) is 25.9 Å². The molecule has 7 nitrogen and oxygen atoms in total. The maximum atomic E-state index is 13.0. The normalized spacial score (nSPS) is 14.0. The third-order valence-electron chi connectivity index (χ3n) is 4.71. The van der Waals surface area contributed by atoms with Crippen molar-refractivity contribution in [2.45, 2.75) is 65.7 Å². The van der Waals surface area contributed by atoms with Gasteiger partial charge < -0.3 is 10.1 Å². The van der Waals surface area contributed by atoms with Crippen molar-refractivity contribution in [2.24, 2.45) is 5.92 Å². The van der Waals surface area contributed by atoms with E-state index in [0.29, 0.717) is 35.1 Å². The van der Waals surface area contributed by atoms with Crippen LogP contribution in [0.3, 0.4) is 0 Å². The molecule has 0 radical (unpaired) electrons. The molecule has 10 heteroatoms. The van der Waals surface area contributed by atoms with Crippen LogP contribution in [0.2, 0.25) is 5.02 Å². The number of anilines is 1. The Labute approximate surface area is 178 Å². The van der Waals surface area contributed by atoms with Crippen molar-refractivity contribution in [3.8, 4) is 17.0 Å². The summed E-state index contributed by atoms with van der Waals surface area (Å²) < 4.78 is 32.5. The highest BCUT2D eigenvalue weighted by atomic mass is 35.5. The SMILES string of the molecule is CCc1nn(CC)c(-c2cnc(NC(C)CC3CC3)cc2OC(F)F)c1Cl.O=C=O. The Morgan fingerprint density at radius 2 is 2.03 bits per heavy atom. The molecule has 0 aliphatic heterocycles. The molecule has 0 saturated heterocycles. The van der Waals surface area contributed by atoms with Crippen LogP contribution in [0, 0.1) is 5.92 Å². The molecular formula is C20H25ClF2N4O3. The first kappa shape index (κ1) is 23.8. The van der Waals surface area contributed by atoms with Crippen LogP contribution in [0.4, 0.5) is 14.6 Å². The van der Waals surface area contributed by atoms with Gasteiger partial charge in [0.1, 0.15) is 11.6 Å². The lowest BCUT2D eigenvalue weighted by molar-refractivity contribution is -0.191. The minimum atomic E-state index is -2.94. The van der Waals surface area contributed by atoms with Crippen LogP contribution in [0.25, 0.3) is 11.3 Å². The fraction of sp³-hybridized carbons (Fsp3) is 0.550. The molecule has 1 saturated carbocycles. The van der Waals surface area contributed by atoms with Gasteiger partial charge in [-0.05, 0) is 32.6 Å². The molecule has 0 spiro atoms. The first-order chi connectivity index (χ1) is 14.3. The zero-order valence-corrected chi connectivity index (χ0v) is 17.9. The summed E-state index contributed by atoms with van der Waals surface area (Å²) in [7, 11) is 0. The van der Waals surface area contributed by atoms with Crippen molar-refractivity contribution in [2.75, 3.05) is 5.32 Å². The van der Waals surface area contributed by atoms with E-state index < -0.39 is 6.61 Å². The van der Waals surface area contributed by atoms with E-state index >= 15 is 0 Å². The summed E-state index contributed by atoms with van der Waals surface area (Å²) in [5.41, 5.74) is 1.68. The van der Waals surface area contributed by atoms with E-state index in [1.54, 1.807) is 4.68 Å². The molecule has 1 N–H and O–H groups in total. The van der Waals surface area contributed by atoms with E-state index in [1.807, 2.05) is 13.8 Å². The summed E-state index contributed by atoms with van der Waals surface area (Å²) >= 11 is 6.47. The molecule has 1 fully saturated rings. The number of aryl methyl sites for hydroxylation is 2. The Kier molecular flexibility index (Phi) is 8.74. The van der Waals surface area contributed by atoms with Gasteiger partial charge in [0.05, 0.1) is 22.0 Å². The molecule has 0 bridgehead atoms. The van der Waals surface area contributed by atoms with Crippen molar-refractivity contribution in [1.29, 1.82) is 0 Å². The summed E-state index contributed by atoms with van der Waals surface area (Å²) in [4.78, 5) is 20.7. The zero-order chi connectivity index (χ0) is 22.3. The van der Waals surface area contributed by atoms with E-state index in [-0.39, 0.29) is 17.9 Å². The van der Waals surface area contributed by atoms with E-state index in [2.05, 4.69) is 22.3 Å². The summed E-state index contributed by atoms with van der Waals surface area (Å²) in [5.74, 6) is 1.31. The maximum Gasteiger partial charge on any atom is 0.387 e. The summed E-state index contributed by atoms with van der Waals surface area (Å²) in [6.45, 7) is 3.55. The lowest BCUT2D eigenvalue weighted by Crippen LogP contribution is -2.17. The fourth-order valence-electron chi connectivity index (χ4n) is 3.25. The molecule has 1 unspecified atom stereocenters. The molecule has 0 amide bonds. The summed E-state index contributed by atoms with van der Waals surface area (Å²) in [6.07, 6.45) is 5.99. The van der Waals surface area contributed by atoms with Crippen LogP contribution in [0.5, 0.6) is 5.75 Å². The second kappa shape index (κ2) is 11.0. The van der Waals surface area contributed by atoms with Crippen LogP contribution in [0.1, 0.15) is 45.7 Å². The number of halogens is 3. The minimum Gasteiger partial charge on any atom is -0.434 e. The largest absolute Gasteiger partial charge is 0.434 e. The zero-order valence-electron chi connectivity index (χ0n) is 17.1. The number of rotatable bonds is 9. The van der Waals surface area contributed by atoms with E-state index in [1.165, 1.54) is 25.1 Å². The van der Waals surface area contributed by atoms with Gasteiger partial charge in [-0.25, -0.2) is 4.98 Å². The molecular weight excluding hydrogens is 418 g/mol. The number of nitrogens with zero attached hydrogens (tertiary/aromatic N) is 3. The molecule has 1 aliphatic carbocycles. The van der Waals surface area contributed by atoms with Gasteiger partial charge >= 0.3 is 12.8 Å². The van der Waals surface area contributed by atoms with Gasteiger partial charge in [0.15, 0.2) is 0 Å². The Balaban J connectivity index is 0.00000101. The number of alkyl halides is 2. The van der Waals surface area contributed by atoms with Crippen molar-refractivity contribution < 1.29 is 23.1 Å². The average molecular weight is 443 g/mol. The second-order valence-electron chi connectivity index (χ2n) is 7.03. The van der Waals surface area contributed by atoms with Crippen LogP contribution >= 0.6 is 11.6 Å². The minimum absolute atomic E-state index is 0.0419. The van der Waals surface area contributed by atoms with E-state index in [0.717, 1.165) is 18.0 Å². The number of aromatic nitrogens is 3. The van der Waals surface area contributed by atoms with Gasteiger partial charge in [-0.3, -0.25) is 4.68 Å². The quantitative estimate of drug-likeness (QED) is 0.600. The van der Waals surface area contributed by atoms with Crippen molar-refractivity contribution in [3.05, 3.63) is 23.0 Å². The first-order valence-corrected chi connectivity index (χ1v) is 10.2. The number of nitrogens with one attached hydrogen (secondary N) is 1. The molecule has 2 heterocycles. The molecule has 1 atom stereocenters. The van der Waals surface area contributed by atoms with Crippen molar-refractivity contribution in [3.63, 3.8) is 0 Å². The average Bonchev–Trinajstić information content (AvgIpc) is 3.43.